The first kappa shape index (κ1) is 19.7. The molecule has 0 aliphatic heterocycles. The minimum atomic E-state index is -1.54. The predicted octanol–water partition coefficient (Wildman–Crippen LogP) is 4.64. The molecule has 1 heterocycles. The number of nitrogens with zero attached hydrogens (tertiary/aromatic N) is 2. The number of carbonyl (C=O) groups excluding carboxylic acids is 1. The van der Waals surface area contributed by atoms with Crippen LogP contribution in [0.3, 0.4) is 0 Å². The molecule has 1 saturated carbocycles. The fraction of sp³-hybridized carbons (Fsp3) is 0.600. The molecule has 1 aliphatic carbocycles. The van der Waals surface area contributed by atoms with E-state index >= 15 is 4.39 Å². The molecule has 0 bridgehead atoms. The molecule has 1 aromatic heterocycles. The number of halogens is 2. The summed E-state index contributed by atoms with van der Waals surface area (Å²) in [5.41, 5.74) is -2.01. The van der Waals surface area contributed by atoms with Gasteiger partial charge in [0.1, 0.15) is 11.0 Å². The lowest BCUT2D eigenvalue weighted by Crippen LogP contribution is -2.25. The van der Waals surface area contributed by atoms with Gasteiger partial charge in [-0.05, 0) is 44.6 Å². The maximum absolute atomic E-state index is 15.2. The molecule has 3 rings (SSSR count). The van der Waals surface area contributed by atoms with Crippen molar-refractivity contribution in [2.75, 3.05) is 5.32 Å². The SMILES string of the molecule is CC(C)(C)CC(=O)Nc1nc2c(F)cc(C(C)(C)O)c(F)c2n1C1CCC1. The molecule has 2 N–H and O–H groups in total. The summed E-state index contributed by atoms with van der Waals surface area (Å²) >= 11 is 0. The van der Waals surface area contributed by atoms with Gasteiger partial charge in [-0.3, -0.25) is 10.1 Å². The van der Waals surface area contributed by atoms with Crippen LogP contribution < -0.4 is 5.32 Å². The molecule has 0 radical (unpaired) electrons. The first-order valence-corrected chi connectivity index (χ1v) is 9.31. The number of fused-ring (bicyclic) bond motifs is 1. The lowest BCUT2D eigenvalue weighted by molar-refractivity contribution is -0.117. The largest absolute Gasteiger partial charge is 0.386 e. The molecule has 27 heavy (non-hydrogen) atoms. The van der Waals surface area contributed by atoms with Crippen LogP contribution in [0.15, 0.2) is 6.07 Å². The molecule has 2 aromatic rings. The van der Waals surface area contributed by atoms with Gasteiger partial charge in [-0.2, -0.15) is 0 Å². The Labute approximate surface area is 157 Å². The highest BCUT2D eigenvalue weighted by molar-refractivity contribution is 5.92. The fourth-order valence-electron chi connectivity index (χ4n) is 3.38. The van der Waals surface area contributed by atoms with Crippen molar-refractivity contribution in [1.82, 2.24) is 9.55 Å². The number of carbonyl (C=O) groups is 1. The van der Waals surface area contributed by atoms with Gasteiger partial charge >= 0.3 is 0 Å². The lowest BCUT2D eigenvalue weighted by atomic mass is 9.91. The van der Waals surface area contributed by atoms with Crippen molar-refractivity contribution in [1.29, 1.82) is 0 Å². The van der Waals surface area contributed by atoms with Crippen LogP contribution in [0.4, 0.5) is 14.7 Å². The van der Waals surface area contributed by atoms with Crippen molar-refractivity contribution in [3.05, 3.63) is 23.3 Å². The molecular formula is C20H27F2N3O2. The van der Waals surface area contributed by atoms with Crippen molar-refractivity contribution in [3.8, 4) is 0 Å². The number of imidazole rings is 1. The average Bonchev–Trinajstić information content (AvgIpc) is 2.78. The van der Waals surface area contributed by atoms with E-state index in [1.807, 2.05) is 20.8 Å². The molecule has 0 unspecified atom stereocenters. The molecule has 7 heteroatoms. The van der Waals surface area contributed by atoms with Gasteiger partial charge in [-0.1, -0.05) is 20.8 Å². The van der Waals surface area contributed by atoms with Crippen molar-refractivity contribution in [2.24, 2.45) is 5.41 Å². The number of aliphatic hydroxyl groups is 1. The molecular weight excluding hydrogens is 352 g/mol. The van der Waals surface area contributed by atoms with Gasteiger partial charge in [0.2, 0.25) is 11.9 Å². The van der Waals surface area contributed by atoms with E-state index in [4.69, 9.17) is 0 Å². The second-order valence-corrected chi connectivity index (χ2v) is 9.15. The summed E-state index contributed by atoms with van der Waals surface area (Å²) < 4.78 is 31.5. The second-order valence-electron chi connectivity index (χ2n) is 9.15. The van der Waals surface area contributed by atoms with Crippen molar-refractivity contribution >= 4 is 22.9 Å². The molecule has 1 aromatic carbocycles. The lowest BCUT2D eigenvalue weighted by Gasteiger charge is -2.30. The molecule has 0 atom stereocenters. The Kier molecular flexibility index (Phi) is 4.78. The van der Waals surface area contributed by atoms with Crippen molar-refractivity contribution < 1.29 is 18.7 Å². The summed E-state index contributed by atoms with van der Waals surface area (Å²) in [6, 6.07) is 0.933. The standard InChI is InChI=1S/C20H27F2N3O2/c1-19(2,3)10-14(26)23-18-24-16-13(21)9-12(20(4,5)27)15(22)17(16)25(18)11-7-6-8-11/h9,11,27H,6-8,10H2,1-5H3,(H,23,24,26). The molecule has 148 valence electrons. The summed E-state index contributed by atoms with van der Waals surface area (Å²) in [6.45, 7) is 8.64. The Morgan fingerprint density at radius 1 is 1.30 bits per heavy atom. The number of anilines is 1. The van der Waals surface area contributed by atoms with E-state index in [2.05, 4.69) is 10.3 Å². The third-order valence-electron chi connectivity index (χ3n) is 4.89. The van der Waals surface area contributed by atoms with Crippen LogP contribution in [0.25, 0.3) is 11.0 Å². The van der Waals surface area contributed by atoms with Crippen LogP contribution in [0.1, 0.15) is 71.9 Å². The highest BCUT2D eigenvalue weighted by Gasteiger charge is 2.32. The summed E-state index contributed by atoms with van der Waals surface area (Å²) in [4.78, 5) is 16.6. The van der Waals surface area contributed by atoms with Gasteiger partial charge in [-0.15, -0.1) is 0 Å². The zero-order valence-electron chi connectivity index (χ0n) is 16.5. The van der Waals surface area contributed by atoms with Crippen molar-refractivity contribution in [2.45, 2.75) is 71.9 Å². The van der Waals surface area contributed by atoms with Gasteiger partial charge in [-0.25, -0.2) is 13.8 Å². The predicted molar refractivity (Wildman–Crippen MR) is 100 cm³/mol. The third-order valence-corrected chi connectivity index (χ3v) is 4.89. The van der Waals surface area contributed by atoms with Crippen LogP contribution >= 0.6 is 0 Å². The van der Waals surface area contributed by atoms with Crippen LogP contribution in [-0.4, -0.2) is 20.6 Å². The number of aromatic nitrogens is 2. The Bertz CT molecular complexity index is 887. The number of benzene rings is 1. The molecule has 1 fully saturated rings. The third kappa shape index (κ3) is 3.83. The zero-order chi connectivity index (χ0) is 20.1. The van der Waals surface area contributed by atoms with E-state index in [0.29, 0.717) is 0 Å². The van der Waals surface area contributed by atoms with E-state index in [9.17, 15) is 14.3 Å². The number of rotatable bonds is 4. The van der Waals surface area contributed by atoms with Gasteiger partial charge in [0, 0.05) is 18.0 Å². The highest BCUT2D eigenvalue weighted by atomic mass is 19.1. The smallest absolute Gasteiger partial charge is 0.227 e. The van der Waals surface area contributed by atoms with Crippen LogP contribution in [0.2, 0.25) is 0 Å². The van der Waals surface area contributed by atoms with Gasteiger partial charge in [0.25, 0.3) is 0 Å². The first-order chi connectivity index (χ1) is 12.4. The van der Waals surface area contributed by atoms with Gasteiger partial charge in [0.05, 0.1) is 5.60 Å². The quantitative estimate of drug-likeness (QED) is 0.813. The Balaban J connectivity index is 2.16. The normalized spacial score (nSPS) is 15.9. The topological polar surface area (TPSA) is 67.2 Å². The highest BCUT2D eigenvalue weighted by Crippen LogP contribution is 2.40. The van der Waals surface area contributed by atoms with Crippen LogP contribution in [0.5, 0.6) is 0 Å². The average molecular weight is 379 g/mol. The number of hydrogen-bond acceptors (Lipinski definition) is 3. The van der Waals surface area contributed by atoms with E-state index in [1.165, 1.54) is 13.8 Å². The van der Waals surface area contributed by atoms with Crippen LogP contribution in [0, 0.1) is 17.0 Å². The fourth-order valence-corrected chi connectivity index (χ4v) is 3.38. The minimum absolute atomic E-state index is 0.00267. The first-order valence-electron chi connectivity index (χ1n) is 9.31. The van der Waals surface area contributed by atoms with Gasteiger partial charge in [0.15, 0.2) is 11.6 Å². The number of nitrogens with one attached hydrogen (secondary N) is 1. The zero-order valence-corrected chi connectivity index (χ0v) is 16.5. The number of hydrogen-bond donors (Lipinski definition) is 2. The Hall–Kier alpha value is -2.02. The summed E-state index contributed by atoms with van der Waals surface area (Å²) in [5, 5.41) is 13.0. The monoisotopic (exact) mass is 379 g/mol. The maximum Gasteiger partial charge on any atom is 0.227 e. The van der Waals surface area contributed by atoms with Gasteiger partial charge < -0.3 is 9.67 Å². The van der Waals surface area contributed by atoms with E-state index in [-0.39, 0.29) is 46.3 Å². The second kappa shape index (κ2) is 6.55. The van der Waals surface area contributed by atoms with E-state index in [1.54, 1.807) is 4.57 Å². The molecule has 0 spiro atoms. The maximum atomic E-state index is 15.2. The minimum Gasteiger partial charge on any atom is -0.386 e. The molecule has 1 amide bonds. The molecule has 0 saturated heterocycles. The Morgan fingerprint density at radius 2 is 1.93 bits per heavy atom. The molecule has 5 nitrogen and oxygen atoms in total. The van der Waals surface area contributed by atoms with Crippen LogP contribution in [-0.2, 0) is 10.4 Å². The van der Waals surface area contributed by atoms with Crippen molar-refractivity contribution in [3.63, 3.8) is 0 Å². The van der Waals surface area contributed by atoms with E-state index < -0.39 is 17.2 Å². The Morgan fingerprint density at radius 3 is 2.41 bits per heavy atom. The summed E-state index contributed by atoms with van der Waals surface area (Å²) in [5.74, 6) is -1.50. The summed E-state index contributed by atoms with van der Waals surface area (Å²) in [7, 11) is 0. The van der Waals surface area contributed by atoms with E-state index in [0.717, 1.165) is 25.3 Å². The molecule has 1 aliphatic rings. The summed E-state index contributed by atoms with van der Waals surface area (Å²) in [6.07, 6.45) is 2.86. The number of amides is 1.